The molecule has 0 radical (unpaired) electrons. The second kappa shape index (κ2) is 5.32. The van der Waals surface area contributed by atoms with Crippen molar-refractivity contribution in [2.75, 3.05) is 0 Å². The minimum Gasteiger partial charge on any atom is -0.300 e. The van der Waals surface area contributed by atoms with Gasteiger partial charge < -0.3 is 4.79 Å². The molecule has 0 fully saturated rings. The number of benzene rings is 1. The molecule has 1 aromatic rings. The average Bonchev–Trinajstić information content (AvgIpc) is 2.13. The molecule has 0 aliphatic rings. The number of carbonyl (C=O) groups is 1. The molecule has 0 saturated heterocycles. The van der Waals surface area contributed by atoms with Crippen LogP contribution in [0.3, 0.4) is 0 Å². The normalized spacial score (nSPS) is 10.4. The van der Waals surface area contributed by atoms with Gasteiger partial charge in [0.05, 0.1) is 0 Å². The van der Waals surface area contributed by atoms with Gasteiger partial charge >= 0.3 is 0 Å². The minimum absolute atomic E-state index is 0.245. The zero-order chi connectivity index (χ0) is 11.4. The summed E-state index contributed by atoms with van der Waals surface area (Å²) in [5.41, 5.74) is 3.63. The summed E-state index contributed by atoms with van der Waals surface area (Å²) in [6, 6.07) is 4.12. The number of carbonyl (C=O) groups excluding carboxylic acids is 1. The van der Waals surface area contributed by atoms with Crippen LogP contribution in [-0.4, -0.2) is 5.78 Å². The molecule has 0 bridgehead atoms. The Balaban J connectivity index is 2.69. The Kier molecular flexibility index (Phi) is 4.34. The minimum atomic E-state index is 0.245. The van der Waals surface area contributed by atoms with Crippen LogP contribution in [-0.2, 0) is 11.2 Å². The third-order valence-electron chi connectivity index (χ3n) is 2.64. The van der Waals surface area contributed by atoms with Crippen molar-refractivity contribution in [3.05, 3.63) is 33.8 Å². The van der Waals surface area contributed by atoms with Crippen LogP contribution in [0, 0.1) is 13.8 Å². The molecule has 15 heavy (non-hydrogen) atoms. The Bertz CT molecular complexity index is 369. The summed E-state index contributed by atoms with van der Waals surface area (Å²) >= 11 is 6.13. The number of halogens is 1. The molecule has 0 unspecified atom stereocenters. The van der Waals surface area contributed by atoms with Gasteiger partial charge in [-0.2, -0.15) is 0 Å². The molecule has 0 spiro atoms. The second-order valence-corrected chi connectivity index (χ2v) is 4.49. The molecule has 0 aliphatic carbocycles. The van der Waals surface area contributed by atoms with Gasteiger partial charge in [0.1, 0.15) is 5.78 Å². The van der Waals surface area contributed by atoms with E-state index in [-0.39, 0.29) is 5.78 Å². The number of aryl methyl sites for hydroxylation is 3. The summed E-state index contributed by atoms with van der Waals surface area (Å²) in [6.07, 6.45) is 2.42. The van der Waals surface area contributed by atoms with E-state index in [0.717, 1.165) is 23.4 Å². The van der Waals surface area contributed by atoms with E-state index in [1.54, 1.807) is 6.92 Å². The third-order valence-corrected chi connectivity index (χ3v) is 2.99. The highest BCUT2D eigenvalue weighted by atomic mass is 35.5. The van der Waals surface area contributed by atoms with E-state index in [1.165, 1.54) is 11.1 Å². The van der Waals surface area contributed by atoms with E-state index in [4.69, 9.17) is 11.6 Å². The maximum absolute atomic E-state index is 10.8. The van der Waals surface area contributed by atoms with E-state index in [1.807, 2.05) is 6.07 Å². The fourth-order valence-corrected chi connectivity index (χ4v) is 1.87. The fourth-order valence-electron chi connectivity index (χ4n) is 1.56. The molecule has 0 aromatic heterocycles. The van der Waals surface area contributed by atoms with Gasteiger partial charge in [0, 0.05) is 11.4 Å². The Morgan fingerprint density at radius 1 is 1.27 bits per heavy atom. The lowest BCUT2D eigenvalue weighted by atomic mass is 10.0. The van der Waals surface area contributed by atoms with E-state index in [9.17, 15) is 4.79 Å². The lowest BCUT2D eigenvalue weighted by Crippen LogP contribution is -1.94. The zero-order valence-electron chi connectivity index (χ0n) is 9.56. The molecule has 0 aliphatic heterocycles. The molecule has 0 saturated carbocycles. The summed E-state index contributed by atoms with van der Waals surface area (Å²) < 4.78 is 0. The summed E-state index contributed by atoms with van der Waals surface area (Å²) in [7, 11) is 0. The highest BCUT2D eigenvalue weighted by Crippen LogP contribution is 2.22. The van der Waals surface area contributed by atoms with Gasteiger partial charge in [-0.15, -0.1) is 0 Å². The van der Waals surface area contributed by atoms with Crippen molar-refractivity contribution in [2.45, 2.75) is 40.0 Å². The molecule has 0 atom stereocenters. The van der Waals surface area contributed by atoms with Crippen LogP contribution >= 0.6 is 11.6 Å². The molecule has 0 N–H and O–H groups in total. The van der Waals surface area contributed by atoms with Gasteiger partial charge in [-0.05, 0) is 56.4 Å². The predicted molar refractivity (Wildman–Crippen MR) is 64.5 cm³/mol. The van der Waals surface area contributed by atoms with Crippen LogP contribution in [0.2, 0.25) is 5.02 Å². The topological polar surface area (TPSA) is 17.1 Å². The predicted octanol–water partition coefficient (Wildman–Crippen LogP) is 3.87. The average molecular weight is 225 g/mol. The van der Waals surface area contributed by atoms with Crippen molar-refractivity contribution in [3.8, 4) is 0 Å². The SMILES string of the molecule is CC(=O)CCCc1cc(C)c(C)cc1Cl. The number of hydrogen-bond donors (Lipinski definition) is 0. The van der Waals surface area contributed by atoms with Gasteiger partial charge in [0.25, 0.3) is 0 Å². The van der Waals surface area contributed by atoms with Crippen molar-refractivity contribution in [3.63, 3.8) is 0 Å². The first-order valence-corrected chi connectivity index (χ1v) is 5.63. The Morgan fingerprint density at radius 3 is 2.47 bits per heavy atom. The van der Waals surface area contributed by atoms with Crippen molar-refractivity contribution in [1.29, 1.82) is 0 Å². The van der Waals surface area contributed by atoms with Crippen LogP contribution in [0.5, 0.6) is 0 Å². The van der Waals surface area contributed by atoms with Crippen molar-refractivity contribution >= 4 is 17.4 Å². The molecule has 0 amide bonds. The molecule has 1 nitrogen and oxygen atoms in total. The second-order valence-electron chi connectivity index (χ2n) is 4.08. The Morgan fingerprint density at radius 2 is 1.87 bits per heavy atom. The first-order valence-electron chi connectivity index (χ1n) is 5.25. The van der Waals surface area contributed by atoms with Crippen LogP contribution in [0.25, 0.3) is 0 Å². The van der Waals surface area contributed by atoms with Gasteiger partial charge in [0.15, 0.2) is 0 Å². The van der Waals surface area contributed by atoms with E-state index >= 15 is 0 Å². The first-order chi connectivity index (χ1) is 7.00. The van der Waals surface area contributed by atoms with Gasteiger partial charge in [-0.25, -0.2) is 0 Å². The standard InChI is InChI=1S/C13H17ClO/c1-9-7-12(6-4-5-11(3)15)13(14)8-10(9)2/h7-8H,4-6H2,1-3H3. The van der Waals surface area contributed by atoms with Crippen molar-refractivity contribution in [1.82, 2.24) is 0 Å². The van der Waals surface area contributed by atoms with Crippen LogP contribution < -0.4 is 0 Å². The Hall–Kier alpha value is -0.820. The van der Waals surface area contributed by atoms with E-state index in [2.05, 4.69) is 19.9 Å². The van der Waals surface area contributed by atoms with Crippen LogP contribution in [0.1, 0.15) is 36.5 Å². The summed E-state index contributed by atoms with van der Waals surface area (Å²) in [6.45, 7) is 5.77. The molecule has 1 rings (SSSR count). The summed E-state index contributed by atoms with van der Waals surface area (Å²) in [5.74, 6) is 0.245. The smallest absolute Gasteiger partial charge is 0.129 e. The quantitative estimate of drug-likeness (QED) is 0.759. The van der Waals surface area contributed by atoms with Crippen LogP contribution in [0.15, 0.2) is 12.1 Å². The summed E-state index contributed by atoms with van der Waals surface area (Å²) in [5, 5.41) is 0.821. The summed E-state index contributed by atoms with van der Waals surface area (Å²) in [4.78, 5) is 10.8. The van der Waals surface area contributed by atoms with Crippen molar-refractivity contribution < 1.29 is 4.79 Å². The number of ketones is 1. The monoisotopic (exact) mass is 224 g/mol. The van der Waals surface area contributed by atoms with E-state index in [0.29, 0.717) is 6.42 Å². The van der Waals surface area contributed by atoms with Crippen LogP contribution in [0.4, 0.5) is 0 Å². The lowest BCUT2D eigenvalue weighted by molar-refractivity contribution is -0.117. The van der Waals surface area contributed by atoms with E-state index < -0.39 is 0 Å². The Labute approximate surface area is 96.5 Å². The maximum atomic E-state index is 10.8. The zero-order valence-corrected chi connectivity index (χ0v) is 10.3. The highest BCUT2D eigenvalue weighted by Gasteiger charge is 2.04. The molecule has 0 heterocycles. The van der Waals surface area contributed by atoms with Gasteiger partial charge in [0.2, 0.25) is 0 Å². The molecular formula is C13H17ClO. The third kappa shape index (κ3) is 3.67. The molecule has 82 valence electrons. The molecule has 2 heteroatoms. The molecular weight excluding hydrogens is 208 g/mol. The van der Waals surface area contributed by atoms with Crippen molar-refractivity contribution in [2.24, 2.45) is 0 Å². The van der Waals surface area contributed by atoms with Gasteiger partial charge in [-0.1, -0.05) is 17.7 Å². The first kappa shape index (κ1) is 12.3. The molecule has 1 aromatic carbocycles. The number of rotatable bonds is 4. The number of Topliss-reactive ketones (excluding diaryl/α,β-unsaturated/α-hetero) is 1. The highest BCUT2D eigenvalue weighted by molar-refractivity contribution is 6.31. The maximum Gasteiger partial charge on any atom is 0.129 e. The lowest BCUT2D eigenvalue weighted by Gasteiger charge is -2.07. The fraction of sp³-hybridized carbons (Fsp3) is 0.462. The van der Waals surface area contributed by atoms with Gasteiger partial charge in [-0.3, -0.25) is 0 Å². The number of hydrogen-bond acceptors (Lipinski definition) is 1. The largest absolute Gasteiger partial charge is 0.300 e.